The number of likely N-dealkylation sites (N-methyl/N-ethyl adjacent to an activating group) is 1. The largest absolute Gasteiger partial charge is 0.465 e. The molecule has 0 fully saturated rings. The van der Waals surface area contributed by atoms with Crippen molar-refractivity contribution in [1.82, 2.24) is 15.3 Å². The summed E-state index contributed by atoms with van der Waals surface area (Å²) in [5, 5.41) is 6.64. The Labute approximate surface area is 229 Å². The SMILES string of the molecule is CCCCOC(=O)CNP(=O)(OCC(CC(C)N(C=O)/C=C\C(=O)NC)OC)Oc1cccc2ccccc12. The first-order valence-electron chi connectivity index (χ1n) is 12.7. The summed E-state index contributed by atoms with van der Waals surface area (Å²) in [6.07, 6.45) is 4.48. The summed E-state index contributed by atoms with van der Waals surface area (Å²) in [5.74, 6) is -0.626. The maximum atomic E-state index is 13.8. The van der Waals surface area contributed by atoms with Gasteiger partial charge < -0.3 is 24.2 Å². The van der Waals surface area contributed by atoms with Gasteiger partial charge in [-0.1, -0.05) is 49.7 Å². The topological polar surface area (TPSA) is 132 Å². The number of carbonyl (C=O) groups is 3. The number of esters is 1. The van der Waals surface area contributed by atoms with Crippen LogP contribution in [-0.4, -0.2) is 69.2 Å². The summed E-state index contributed by atoms with van der Waals surface area (Å²) >= 11 is 0. The summed E-state index contributed by atoms with van der Waals surface area (Å²) < 4.78 is 36.1. The lowest BCUT2D eigenvalue weighted by atomic mass is 10.1. The first-order chi connectivity index (χ1) is 18.7. The van der Waals surface area contributed by atoms with Crippen molar-refractivity contribution in [2.24, 2.45) is 0 Å². The highest BCUT2D eigenvalue weighted by Gasteiger charge is 2.30. The van der Waals surface area contributed by atoms with Crippen LogP contribution >= 0.6 is 7.75 Å². The van der Waals surface area contributed by atoms with Crippen molar-refractivity contribution < 1.29 is 37.5 Å². The van der Waals surface area contributed by atoms with Crippen LogP contribution in [0.4, 0.5) is 0 Å². The zero-order chi connectivity index (χ0) is 28.7. The number of nitrogens with zero attached hydrogens (tertiary/aromatic N) is 1. The number of benzene rings is 2. The van der Waals surface area contributed by atoms with E-state index in [0.717, 1.165) is 23.6 Å². The molecule has 0 aliphatic carbocycles. The number of rotatable bonds is 18. The van der Waals surface area contributed by atoms with Gasteiger partial charge in [0.1, 0.15) is 12.3 Å². The van der Waals surface area contributed by atoms with Crippen molar-refractivity contribution in [2.75, 3.05) is 33.9 Å². The van der Waals surface area contributed by atoms with E-state index in [9.17, 15) is 18.9 Å². The maximum absolute atomic E-state index is 13.8. The van der Waals surface area contributed by atoms with E-state index in [0.29, 0.717) is 18.6 Å². The van der Waals surface area contributed by atoms with Crippen molar-refractivity contribution in [3.8, 4) is 5.75 Å². The van der Waals surface area contributed by atoms with Crippen molar-refractivity contribution >= 4 is 36.8 Å². The first-order valence-corrected chi connectivity index (χ1v) is 14.3. The lowest BCUT2D eigenvalue weighted by molar-refractivity contribution is -0.142. The highest BCUT2D eigenvalue weighted by Crippen LogP contribution is 2.46. The molecule has 0 aliphatic rings. The Morgan fingerprint density at radius 1 is 1.15 bits per heavy atom. The molecule has 2 aromatic rings. The molecule has 2 amide bonds. The average Bonchev–Trinajstić information content (AvgIpc) is 2.94. The van der Waals surface area contributed by atoms with Gasteiger partial charge in [0.05, 0.1) is 19.3 Å². The van der Waals surface area contributed by atoms with Gasteiger partial charge in [-0.05, 0) is 31.2 Å². The van der Waals surface area contributed by atoms with E-state index in [-0.39, 0.29) is 31.7 Å². The van der Waals surface area contributed by atoms with Crippen LogP contribution < -0.4 is 14.9 Å². The molecule has 0 spiro atoms. The van der Waals surface area contributed by atoms with Crippen LogP contribution in [0.1, 0.15) is 33.1 Å². The molecule has 39 heavy (non-hydrogen) atoms. The monoisotopic (exact) mass is 563 g/mol. The fraction of sp³-hybridized carbons (Fsp3) is 0.444. The minimum Gasteiger partial charge on any atom is -0.465 e. The number of ether oxygens (including phenoxy) is 2. The summed E-state index contributed by atoms with van der Waals surface area (Å²) in [7, 11) is -1.15. The zero-order valence-corrected chi connectivity index (χ0v) is 23.7. The highest BCUT2D eigenvalue weighted by atomic mass is 31.2. The third kappa shape index (κ3) is 10.8. The van der Waals surface area contributed by atoms with Gasteiger partial charge in [-0.15, -0.1) is 0 Å². The van der Waals surface area contributed by atoms with Gasteiger partial charge in [-0.2, -0.15) is 0 Å². The molecule has 12 heteroatoms. The second-order valence-corrected chi connectivity index (χ2v) is 10.4. The molecule has 0 heterocycles. The van der Waals surface area contributed by atoms with Crippen molar-refractivity contribution in [2.45, 2.75) is 45.3 Å². The van der Waals surface area contributed by atoms with Crippen LogP contribution in [0.3, 0.4) is 0 Å². The second-order valence-electron chi connectivity index (χ2n) is 8.70. The summed E-state index contributed by atoms with van der Waals surface area (Å²) in [6, 6.07) is 12.4. The molecule has 3 atom stereocenters. The predicted octanol–water partition coefficient (Wildman–Crippen LogP) is 3.79. The number of hydrogen-bond acceptors (Lipinski definition) is 8. The number of hydrogen-bond donors (Lipinski definition) is 2. The molecule has 0 aromatic heterocycles. The molecule has 0 radical (unpaired) electrons. The second kappa shape index (κ2) is 16.7. The van der Waals surface area contributed by atoms with E-state index in [1.165, 1.54) is 31.3 Å². The van der Waals surface area contributed by atoms with E-state index in [2.05, 4.69) is 10.4 Å². The van der Waals surface area contributed by atoms with Crippen LogP contribution in [0, 0.1) is 0 Å². The van der Waals surface area contributed by atoms with Crippen LogP contribution in [0.2, 0.25) is 0 Å². The molecule has 0 saturated heterocycles. The molecule has 2 rings (SSSR count). The maximum Gasteiger partial charge on any atom is 0.459 e. The van der Waals surface area contributed by atoms with Crippen LogP contribution in [0.15, 0.2) is 54.7 Å². The minimum absolute atomic E-state index is 0.174. The molecular weight excluding hydrogens is 525 g/mol. The van der Waals surface area contributed by atoms with Gasteiger partial charge in [0.25, 0.3) is 0 Å². The summed E-state index contributed by atoms with van der Waals surface area (Å²) in [4.78, 5) is 36.5. The Kier molecular flexibility index (Phi) is 13.7. The standard InChI is InChI=1S/C27H38N3O8P/c1-5-6-16-36-27(33)18-29-39(34,38-25-13-9-11-22-10-7-8-12-24(22)25)37-19-23(35-4)17-21(2)30(20-31)15-14-26(32)28-3/h7-15,20-21,23H,5-6,16-19H2,1-4H3,(H,28,32)(H,29,34)/b15-14-. The van der Waals surface area contributed by atoms with Gasteiger partial charge in [-0.3, -0.25) is 18.9 Å². The molecule has 0 bridgehead atoms. The third-order valence-electron chi connectivity index (χ3n) is 5.79. The molecule has 0 saturated carbocycles. The van der Waals surface area contributed by atoms with Crippen molar-refractivity contribution in [3.05, 3.63) is 54.7 Å². The van der Waals surface area contributed by atoms with E-state index < -0.39 is 19.8 Å². The van der Waals surface area contributed by atoms with E-state index >= 15 is 0 Å². The van der Waals surface area contributed by atoms with Gasteiger partial charge in [0.15, 0.2) is 0 Å². The normalized spacial score (nSPS) is 14.4. The van der Waals surface area contributed by atoms with E-state index in [4.69, 9.17) is 18.5 Å². The number of methoxy groups -OCH3 is 1. The van der Waals surface area contributed by atoms with Crippen LogP contribution in [0.5, 0.6) is 5.75 Å². The molecular formula is C27H38N3O8P. The molecule has 2 N–H and O–H groups in total. The number of unbranched alkanes of at least 4 members (excludes halogenated alkanes) is 1. The number of fused-ring (bicyclic) bond motifs is 1. The van der Waals surface area contributed by atoms with Gasteiger partial charge in [0.2, 0.25) is 12.3 Å². The van der Waals surface area contributed by atoms with Gasteiger partial charge >= 0.3 is 13.7 Å². The molecule has 11 nitrogen and oxygen atoms in total. The molecule has 0 aliphatic heterocycles. The third-order valence-corrected chi connectivity index (χ3v) is 7.26. The number of nitrogens with one attached hydrogen (secondary N) is 2. The van der Waals surface area contributed by atoms with E-state index in [1.54, 1.807) is 19.1 Å². The molecule has 3 unspecified atom stereocenters. The Balaban J connectivity index is 2.16. The minimum atomic E-state index is -4.09. The first kappa shape index (κ1) is 32.0. The highest BCUT2D eigenvalue weighted by molar-refractivity contribution is 7.52. The number of carbonyl (C=O) groups excluding carboxylic acids is 3. The van der Waals surface area contributed by atoms with Crippen molar-refractivity contribution in [3.63, 3.8) is 0 Å². The smallest absolute Gasteiger partial charge is 0.459 e. The van der Waals surface area contributed by atoms with Crippen molar-refractivity contribution in [1.29, 1.82) is 0 Å². The Hall–Kier alpha value is -3.24. The van der Waals surface area contributed by atoms with Crippen LogP contribution in [0.25, 0.3) is 10.8 Å². The van der Waals surface area contributed by atoms with Crippen LogP contribution in [-0.2, 0) is 32.9 Å². The lowest BCUT2D eigenvalue weighted by Gasteiger charge is -2.27. The number of amides is 2. The molecule has 214 valence electrons. The Morgan fingerprint density at radius 2 is 1.90 bits per heavy atom. The lowest BCUT2D eigenvalue weighted by Crippen LogP contribution is -2.34. The van der Waals surface area contributed by atoms with E-state index in [1.807, 2.05) is 37.3 Å². The zero-order valence-electron chi connectivity index (χ0n) is 22.8. The summed E-state index contributed by atoms with van der Waals surface area (Å²) in [5.41, 5.74) is 0. The molecule has 2 aromatic carbocycles. The summed E-state index contributed by atoms with van der Waals surface area (Å²) in [6.45, 7) is 3.45. The fourth-order valence-corrected chi connectivity index (χ4v) is 4.80. The van der Waals surface area contributed by atoms with Gasteiger partial charge in [-0.25, -0.2) is 9.65 Å². The average molecular weight is 564 g/mol. The van der Waals surface area contributed by atoms with Gasteiger partial charge in [0, 0.05) is 37.9 Å². The fourth-order valence-electron chi connectivity index (χ4n) is 3.49. The predicted molar refractivity (Wildman–Crippen MR) is 148 cm³/mol. The quantitative estimate of drug-likeness (QED) is 0.0914. The Morgan fingerprint density at radius 3 is 2.59 bits per heavy atom. The Bertz CT molecular complexity index is 1150.